The van der Waals surface area contributed by atoms with E-state index in [0.29, 0.717) is 4.99 Å². The van der Waals surface area contributed by atoms with Crippen LogP contribution in [0, 0.1) is 0 Å². The van der Waals surface area contributed by atoms with E-state index in [4.69, 9.17) is 22.7 Å². The monoisotopic (exact) mass is 303 g/mol. The van der Waals surface area contributed by atoms with Crippen molar-refractivity contribution in [1.82, 2.24) is 4.98 Å². The summed E-state index contributed by atoms with van der Waals surface area (Å²) in [5.41, 5.74) is 7.56. The van der Waals surface area contributed by atoms with Gasteiger partial charge in [0.2, 0.25) is 0 Å². The number of para-hydroxylation sites is 1. The molecule has 0 fully saturated rings. The number of rotatable bonds is 8. The van der Waals surface area contributed by atoms with Crippen LogP contribution in [0.25, 0.3) is 10.9 Å². The van der Waals surface area contributed by atoms with E-state index in [1.54, 1.807) is 7.11 Å². The molecule has 1 aromatic carbocycles. The van der Waals surface area contributed by atoms with E-state index >= 15 is 0 Å². The third-order valence-electron chi connectivity index (χ3n) is 3.31. The summed E-state index contributed by atoms with van der Waals surface area (Å²) in [7, 11) is 1.73. The average Bonchev–Trinajstić information content (AvgIpc) is 2.49. The molecular weight excluding hydrogens is 282 g/mol. The minimum absolute atomic E-state index is 0.370. The summed E-state index contributed by atoms with van der Waals surface area (Å²) in [5.74, 6) is 0.771. The molecule has 0 radical (unpaired) electrons. The van der Waals surface area contributed by atoms with Gasteiger partial charge >= 0.3 is 0 Å². The van der Waals surface area contributed by atoms with E-state index in [0.717, 1.165) is 54.7 Å². The number of nitrogens with zero attached hydrogens (tertiary/aromatic N) is 1. The van der Waals surface area contributed by atoms with E-state index in [2.05, 4.69) is 10.3 Å². The number of benzene rings is 1. The van der Waals surface area contributed by atoms with Crippen molar-refractivity contribution in [3.8, 4) is 0 Å². The highest BCUT2D eigenvalue weighted by atomic mass is 32.1. The van der Waals surface area contributed by atoms with E-state index in [1.807, 2.05) is 30.3 Å². The number of methoxy groups -OCH3 is 1. The number of nitrogens with two attached hydrogens (primary N) is 1. The van der Waals surface area contributed by atoms with Gasteiger partial charge in [0, 0.05) is 25.6 Å². The van der Waals surface area contributed by atoms with E-state index in [-0.39, 0.29) is 0 Å². The summed E-state index contributed by atoms with van der Waals surface area (Å²) in [6, 6.07) is 9.96. The van der Waals surface area contributed by atoms with Gasteiger partial charge in [0.25, 0.3) is 0 Å². The zero-order valence-electron chi connectivity index (χ0n) is 12.3. The SMILES string of the molecule is COCCCCCNc1nc2ccccc2cc1C(N)=S. The first-order valence-electron chi connectivity index (χ1n) is 7.15. The minimum atomic E-state index is 0.370. The van der Waals surface area contributed by atoms with Gasteiger partial charge in [-0.05, 0) is 31.4 Å². The van der Waals surface area contributed by atoms with Crippen molar-refractivity contribution in [3.63, 3.8) is 0 Å². The number of hydrogen-bond acceptors (Lipinski definition) is 4. The second-order valence-corrected chi connectivity index (χ2v) is 5.36. The molecule has 2 rings (SSSR count). The summed E-state index contributed by atoms with van der Waals surface area (Å²) in [6.45, 7) is 1.66. The molecule has 0 bridgehead atoms. The van der Waals surface area contributed by atoms with Gasteiger partial charge in [-0.25, -0.2) is 4.98 Å². The van der Waals surface area contributed by atoms with Gasteiger partial charge in [-0.1, -0.05) is 30.4 Å². The molecule has 3 N–H and O–H groups in total. The lowest BCUT2D eigenvalue weighted by Crippen LogP contribution is -2.15. The molecule has 0 spiro atoms. The lowest BCUT2D eigenvalue weighted by molar-refractivity contribution is 0.192. The summed E-state index contributed by atoms with van der Waals surface area (Å²) in [4.78, 5) is 5.00. The first-order chi connectivity index (χ1) is 10.2. The van der Waals surface area contributed by atoms with Gasteiger partial charge in [-0.3, -0.25) is 0 Å². The Morgan fingerprint density at radius 3 is 2.86 bits per heavy atom. The van der Waals surface area contributed by atoms with Crippen molar-refractivity contribution < 1.29 is 4.74 Å². The number of fused-ring (bicyclic) bond motifs is 1. The van der Waals surface area contributed by atoms with Crippen molar-refractivity contribution in [3.05, 3.63) is 35.9 Å². The zero-order chi connectivity index (χ0) is 15.1. The maximum absolute atomic E-state index is 5.81. The van der Waals surface area contributed by atoms with Crippen molar-refractivity contribution in [2.45, 2.75) is 19.3 Å². The van der Waals surface area contributed by atoms with Crippen molar-refractivity contribution in [1.29, 1.82) is 0 Å². The summed E-state index contributed by atoms with van der Waals surface area (Å²) < 4.78 is 5.04. The molecule has 0 amide bonds. The maximum atomic E-state index is 5.81. The summed E-state index contributed by atoms with van der Waals surface area (Å²) in [6.07, 6.45) is 3.26. The van der Waals surface area contributed by atoms with Gasteiger partial charge < -0.3 is 15.8 Å². The lowest BCUT2D eigenvalue weighted by Gasteiger charge is -2.11. The molecule has 0 aliphatic rings. The Labute approximate surface area is 130 Å². The molecule has 0 aliphatic carbocycles. The number of thiocarbonyl (C=S) groups is 1. The summed E-state index contributed by atoms with van der Waals surface area (Å²) in [5, 5.41) is 4.39. The number of hydrogen-bond donors (Lipinski definition) is 2. The van der Waals surface area contributed by atoms with Crippen LogP contribution in [-0.4, -0.2) is 30.2 Å². The summed E-state index contributed by atoms with van der Waals surface area (Å²) >= 11 is 5.13. The quantitative estimate of drug-likeness (QED) is 0.579. The van der Waals surface area contributed by atoms with Crippen LogP contribution in [0.2, 0.25) is 0 Å². The number of anilines is 1. The van der Waals surface area contributed by atoms with Crippen LogP contribution in [-0.2, 0) is 4.74 Å². The van der Waals surface area contributed by atoms with Crippen LogP contribution in [0.4, 0.5) is 5.82 Å². The highest BCUT2D eigenvalue weighted by molar-refractivity contribution is 7.80. The largest absolute Gasteiger partial charge is 0.389 e. The molecule has 4 nitrogen and oxygen atoms in total. The van der Waals surface area contributed by atoms with Crippen LogP contribution in [0.3, 0.4) is 0 Å². The first kappa shape index (κ1) is 15.7. The topological polar surface area (TPSA) is 60.2 Å². The van der Waals surface area contributed by atoms with Crippen molar-refractivity contribution in [2.24, 2.45) is 5.73 Å². The van der Waals surface area contributed by atoms with E-state index in [1.165, 1.54) is 0 Å². The standard InChI is InChI=1S/C16H21N3OS/c1-20-10-6-2-5-9-18-16-13(15(17)21)11-12-7-3-4-8-14(12)19-16/h3-4,7-8,11H,2,5-6,9-10H2,1H3,(H2,17,21)(H,18,19). The minimum Gasteiger partial charge on any atom is -0.389 e. The van der Waals surface area contributed by atoms with E-state index in [9.17, 15) is 0 Å². The smallest absolute Gasteiger partial charge is 0.136 e. The number of aromatic nitrogens is 1. The van der Waals surface area contributed by atoms with Crippen LogP contribution in [0.15, 0.2) is 30.3 Å². The Morgan fingerprint density at radius 2 is 2.10 bits per heavy atom. The predicted molar refractivity (Wildman–Crippen MR) is 91.8 cm³/mol. The number of ether oxygens (including phenoxy) is 1. The Hall–Kier alpha value is -1.72. The Bertz CT molecular complexity index is 615. The second kappa shape index (κ2) is 7.90. The molecule has 0 aliphatic heterocycles. The lowest BCUT2D eigenvalue weighted by atomic mass is 10.1. The molecule has 1 aromatic heterocycles. The Balaban J connectivity index is 2.06. The van der Waals surface area contributed by atoms with Crippen LogP contribution in [0.1, 0.15) is 24.8 Å². The highest BCUT2D eigenvalue weighted by Crippen LogP contribution is 2.20. The molecule has 0 saturated heterocycles. The molecule has 0 atom stereocenters. The normalized spacial score (nSPS) is 10.7. The Morgan fingerprint density at radius 1 is 1.29 bits per heavy atom. The fourth-order valence-corrected chi connectivity index (χ4v) is 2.35. The Kier molecular flexibility index (Phi) is 5.90. The number of unbranched alkanes of at least 4 members (excludes halogenated alkanes) is 2. The molecule has 0 unspecified atom stereocenters. The van der Waals surface area contributed by atoms with Gasteiger partial charge in [-0.15, -0.1) is 0 Å². The zero-order valence-corrected chi connectivity index (χ0v) is 13.1. The van der Waals surface area contributed by atoms with Crippen LogP contribution in [0.5, 0.6) is 0 Å². The predicted octanol–water partition coefficient (Wildman–Crippen LogP) is 3.10. The molecule has 1 heterocycles. The average molecular weight is 303 g/mol. The van der Waals surface area contributed by atoms with E-state index < -0.39 is 0 Å². The fraction of sp³-hybridized carbons (Fsp3) is 0.375. The first-order valence-corrected chi connectivity index (χ1v) is 7.55. The molecule has 0 saturated carbocycles. The van der Waals surface area contributed by atoms with Crippen LogP contribution >= 0.6 is 12.2 Å². The molecule has 112 valence electrons. The van der Waals surface area contributed by atoms with Crippen LogP contribution < -0.4 is 11.1 Å². The third kappa shape index (κ3) is 4.37. The second-order valence-electron chi connectivity index (χ2n) is 4.92. The molecule has 21 heavy (non-hydrogen) atoms. The third-order valence-corrected chi connectivity index (χ3v) is 3.53. The molecular formula is C16H21N3OS. The fourth-order valence-electron chi connectivity index (χ4n) is 2.19. The van der Waals surface area contributed by atoms with Gasteiger partial charge in [0.1, 0.15) is 10.8 Å². The highest BCUT2D eigenvalue weighted by Gasteiger charge is 2.08. The van der Waals surface area contributed by atoms with Gasteiger partial charge in [0.15, 0.2) is 0 Å². The molecule has 2 aromatic rings. The maximum Gasteiger partial charge on any atom is 0.136 e. The number of pyridine rings is 1. The van der Waals surface area contributed by atoms with Crippen molar-refractivity contribution >= 4 is 33.9 Å². The van der Waals surface area contributed by atoms with Crippen molar-refractivity contribution in [2.75, 3.05) is 25.6 Å². The molecule has 5 heteroatoms. The van der Waals surface area contributed by atoms with Gasteiger partial charge in [0.05, 0.1) is 11.1 Å². The number of nitrogens with one attached hydrogen (secondary N) is 1. The van der Waals surface area contributed by atoms with Gasteiger partial charge in [-0.2, -0.15) is 0 Å².